The second-order valence-corrected chi connectivity index (χ2v) is 7.68. The molecule has 1 N–H and O–H groups in total. The molecule has 0 aliphatic carbocycles. The maximum atomic E-state index is 5.89. The van der Waals surface area contributed by atoms with E-state index in [9.17, 15) is 0 Å². The predicted molar refractivity (Wildman–Crippen MR) is 128 cm³/mol. The number of anilines is 1. The molecule has 3 aromatic rings. The summed E-state index contributed by atoms with van der Waals surface area (Å²) in [6.07, 6.45) is 2.29. The predicted octanol–water partition coefficient (Wildman–Crippen LogP) is 5.56. The molecule has 0 saturated carbocycles. The Morgan fingerprint density at radius 3 is 2.35 bits per heavy atom. The highest BCUT2D eigenvalue weighted by molar-refractivity contribution is 5.61. The van der Waals surface area contributed by atoms with E-state index < -0.39 is 0 Å². The minimum atomic E-state index is 0.565. The fourth-order valence-electron chi connectivity index (χ4n) is 3.46. The first kappa shape index (κ1) is 22.8. The molecule has 0 atom stereocenters. The van der Waals surface area contributed by atoms with Crippen LogP contribution in [-0.2, 0) is 6.61 Å². The van der Waals surface area contributed by atoms with Crippen molar-refractivity contribution in [2.24, 2.45) is 0 Å². The van der Waals surface area contributed by atoms with E-state index in [-0.39, 0.29) is 0 Å². The molecular weight excluding hydrogens is 384 g/mol. The number of ether oxygens (including phenoxy) is 1. The zero-order chi connectivity index (χ0) is 21.9. The number of nitrogens with zero attached hydrogens (tertiary/aromatic N) is 3. The lowest BCUT2D eigenvalue weighted by atomic mass is 10.1. The van der Waals surface area contributed by atoms with E-state index in [2.05, 4.69) is 53.3 Å². The van der Waals surface area contributed by atoms with E-state index in [0.29, 0.717) is 12.6 Å². The van der Waals surface area contributed by atoms with Crippen molar-refractivity contribution < 1.29 is 4.74 Å². The first-order valence-electron chi connectivity index (χ1n) is 11.3. The molecule has 5 heteroatoms. The van der Waals surface area contributed by atoms with Crippen LogP contribution in [0.25, 0.3) is 11.3 Å². The highest BCUT2D eigenvalue weighted by Gasteiger charge is 2.06. The number of hydrogen-bond donors (Lipinski definition) is 1. The van der Waals surface area contributed by atoms with E-state index in [4.69, 9.17) is 9.72 Å². The highest BCUT2D eigenvalue weighted by atomic mass is 16.5. The monoisotopic (exact) mass is 418 g/mol. The zero-order valence-corrected chi connectivity index (χ0v) is 19.0. The average molecular weight is 419 g/mol. The van der Waals surface area contributed by atoms with Gasteiger partial charge in [0.1, 0.15) is 12.4 Å². The molecule has 1 heterocycles. The lowest BCUT2D eigenvalue weighted by Crippen LogP contribution is -2.24. The summed E-state index contributed by atoms with van der Waals surface area (Å²) in [5.41, 5.74) is 4.10. The van der Waals surface area contributed by atoms with Gasteiger partial charge in [-0.3, -0.25) is 0 Å². The molecule has 0 bridgehead atoms. The van der Waals surface area contributed by atoms with E-state index in [1.54, 1.807) is 0 Å². The normalized spacial score (nSPS) is 11.0. The summed E-state index contributed by atoms with van der Waals surface area (Å²) in [6, 6.07) is 20.3. The van der Waals surface area contributed by atoms with Gasteiger partial charge in [0, 0.05) is 17.8 Å². The summed E-state index contributed by atoms with van der Waals surface area (Å²) in [5.74, 6) is 1.55. The van der Waals surface area contributed by atoms with Crippen LogP contribution < -0.4 is 10.1 Å². The Balaban J connectivity index is 1.54. The summed E-state index contributed by atoms with van der Waals surface area (Å²) in [5, 5.41) is 3.39. The minimum absolute atomic E-state index is 0.565. The fraction of sp³-hybridized carbons (Fsp3) is 0.385. The van der Waals surface area contributed by atoms with Crippen LogP contribution in [0, 0.1) is 6.92 Å². The van der Waals surface area contributed by atoms with Gasteiger partial charge in [-0.15, -0.1) is 0 Å². The SMILES string of the molecule is CCN(CC)CCCCNc1nc(C)cc(-c2ccc(OCc3ccccc3)cc2)n1. The number of aryl methyl sites for hydroxylation is 1. The van der Waals surface area contributed by atoms with Crippen molar-refractivity contribution in [2.45, 2.75) is 40.2 Å². The standard InChI is InChI=1S/C26H34N4O/c1-4-30(5-2)18-10-9-17-27-26-28-21(3)19-25(29-26)23-13-15-24(16-14-23)31-20-22-11-7-6-8-12-22/h6-8,11-16,19H,4-5,9-10,17-18,20H2,1-3H3,(H,27,28,29). The van der Waals surface area contributed by atoms with Gasteiger partial charge < -0.3 is 15.0 Å². The van der Waals surface area contributed by atoms with E-state index >= 15 is 0 Å². The van der Waals surface area contributed by atoms with Gasteiger partial charge >= 0.3 is 0 Å². The summed E-state index contributed by atoms with van der Waals surface area (Å²) in [7, 11) is 0. The van der Waals surface area contributed by atoms with E-state index in [1.165, 1.54) is 6.42 Å². The second kappa shape index (κ2) is 12.1. The third-order valence-corrected chi connectivity index (χ3v) is 5.33. The molecule has 0 unspecified atom stereocenters. The highest BCUT2D eigenvalue weighted by Crippen LogP contribution is 2.23. The van der Waals surface area contributed by atoms with E-state index in [0.717, 1.165) is 60.9 Å². The van der Waals surface area contributed by atoms with Crippen LogP contribution in [0.5, 0.6) is 5.75 Å². The van der Waals surface area contributed by atoms with Crippen LogP contribution in [-0.4, -0.2) is 41.0 Å². The maximum absolute atomic E-state index is 5.89. The summed E-state index contributed by atoms with van der Waals surface area (Å²) in [6.45, 7) is 11.3. The molecule has 5 nitrogen and oxygen atoms in total. The summed E-state index contributed by atoms with van der Waals surface area (Å²) >= 11 is 0. The van der Waals surface area contributed by atoms with Crippen LogP contribution in [0.2, 0.25) is 0 Å². The molecule has 164 valence electrons. The molecule has 3 rings (SSSR count). The Morgan fingerprint density at radius 2 is 1.65 bits per heavy atom. The van der Waals surface area contributed by atoms with Gasteiger partial charge in [0.25, 0.3) is 0 Å². The smallest absolute Gasteiger partial charge is 0.223 e. The van der Waals surface area contributed by atoms with Gasteiger partial charge in [0.15, 0.2) is 0 Å². The summed E-state index contributed by atoms with van der Waals surface area (Å²) < 4.78 is 5.89. The molecule has 0 amide bonds. The van der Waals surface area contributed by atoms with Gasteiger partial charge in [-0.05, 0) is 75.3 Å². The third kappa shape index (κ3) is 7.37. The number of hydrogen-bond acceptors (Lipinski definition) is 5. The van der Waals surface area contributed by atoms with Crippen molar-refractivity contribution in [3.63, 3.8) is 0 Å². The second-order valence-electron chi connectivity index (χ2n) is 7.68. The number of benzene rings is 2. The van der Waals surface area contributed by atoms with Crippen molar-refractivity contribution in [3.05, 3.63) is 71.9 Å². The molecule has 0 aliphatic rings. The molecule has 31 heavy (non-hydrogen) atoms. The number of unbranched alkanes of at least 4 members (excludes halogenated alkanes) is 1. The van der Waals surface area contributed by atoms with Gasteiger partial charge in [0.05, 0.1) is 5.69 Å². The summed E-state index contributed by atoms with van der Waals surface area (Å²) in [4.78, 5) is 11.7. The fourth-order valence-corrected chi connectivity index (χ4v) is 3.46. The number of aromatic nitrogens is 2. The van der Waals surface area contributed by atoms with Gasteiger partial charge in [-0.1, -0.05) is 44.2 Å². The molecule has 0 spiro atoms. The molecule has 0 radical (unpaired) electrons. The van der Waals surface area contributed by atoms with Crippen molar-refractivity contribution in [3.8, 4) is 17.0 Å². The quantitative estimate of drug-likeness (QED) is 0.390. The lowest BCUT2D eigenvalue weighted by Gasteiger charge is -2.17. The molecule has 0 fully saturated rings. The van der Waals surface area contributed by atoms with Gasteiger partial charge in [-0.2, -0.15) is 0 Å². The Bertz CT molecular complexity index is 908. The Hall–Kier alpha value is -2.92. The van der Waals surface area contributed by atoms with E-state index in [1.807, 2.05) is 43.3 Å². The first-order valence-corrected chi connectivity index (χ1v) is 11.3. The molecule has 2 aromatic carbocycles. The van der Waals surface area contributed by atoms with Crippen LogP contribution in [0.4, 0.5) is 5.95 Å². The Kier molecular flexibility index (Phi) is 8.85. The number of nitrogens with one attached hydrogen (secondary N) is 1. The van der Waals surface area contributed by atoms with Crippen molar-refractivity contribution in [2.75, 3.05) is 31.5 Å². The number of rotatable bonds is 12. The van der Waals surface area contributed by atoms with Crippen LogP contribution in [0.15, 0.2) is 60.7 Å². The van der Waals surface area contributed by atoms with Crippen LogP contribution in [0.1, 0.15) is 37.9 Å². The van der Waals surface area contributed by atoms with Crippen molar-refractivity contribution >= 4 is 5.95 Å². The largest absolute Gasteiger partial charge is 0.489 e. The topological polar surface area (TPSA) is 50.3 Å². The minimum Gasteiger partial charge on any atom is -0.489 e. The van der Waals surface area contributed by atoms with Crippen LogP contribution in [0.3, 0.4) is 0 Å². The molecular formula is C26H34N4O. The lowest BCUT2D eigenvalue weighted by molar-refractivity contribution is 0.298. The van der Waals surface area contributed by atoms with Crippen molar-refractivity contribution in [1.82, 2.24) is 14.9 Å². The third-order valence-electron chi connectivity index (χ3n) is 5.33. The van der Waals surface area contributed by atoms with Gasteiger partial charge in [-0.25, -0.2) is 9.97 Å². The van der Waals surface area contributed by atoms with Gasteiger partial charge in [0.2, 0.25) is 5.95 Å². The molecule has 1 aromatic heterocycles. The van der Waals surface area contributed by atoms with Crippen LogP contribution >= 0.6 is 0 Å². The maximum Gasteiger partial charge on any atom is 0.223 e. The Labute approximate surface area is 186 Å². The Morgan fingerprint density at radius 1 is 0.903 bits per heavy atom. The average Bonchev–Trinajstić information content (AvgIpc) is 2.81. The zero-order valence-electron chi connectivity index (χ0n) is 19.0. The molecule has 0 aliphatic heterocycles. The van der Waals surface area contributed by atoms with Crippen molar-refractivity contribution in [1.29, 1.82) is 0 Å². The molecule has 0 saturated heterocycles. The first-order chi connectivity index (χ1) is 15.2.